The van der Waals surface area contributed by atoms with Crippen molar-refractivity contribution in [1.29, 1.82) is 0 Å². The molecule has 0 saturated carbocycles. The van der Waals surface area contributed by atoms with Gasteiger partial charge < -0.3 is 24.3 Å². The topological polar surface area (TPSA) is 147 Å². The number of benzene rings is 1. The first kappa shape index (κ1) is 30.3. The van der Waals surface area contributed by atoms with Crippen LogP contribution >= 0.6 is 0 Å². The molecular formula is C29H34N2O9. The Hall–Kier alpha value is -4.28. The number of esters is 4. The molecule has 1 aromatic heterocycles. The van der Waals surface area contributed by atoms with E-state index in [-0.39, 0.29) is 23.4 Å². The fourth-order valence-corrected chi connectivity index (χ4v) is 4.07. The number of rotatable bonds is 7. The molecule has 2 aromatic rings. The Balaban J connectivity index is 1.83. The lowest BCUT2D eigenvalue weighted by molar-refractivity contribution is -0.176. The van der Waals surface area contributed by atoms with Crippen LogP contribution in [0.25, 0.3) is 0 Å². The normalized spacial score (nSPS) is 21.3. The molecule has 214 valence electrons. The highest BCUT2D eigenvalue weighted by atomic mass is 16.6. The van der Waals surface area contributed by atoms with Crippen molar-refractivity contribution in [2.24, 2.45) is 11.8 Å². The zero-order valence-electron chi connectivity index (χ0n) is 23.4. The molecule has 1 aliphatic heterocycles. The fourth-order valence-electron chi connectivity index (χ4n) is 4.07. The number of carbonyl (C=O) groups excluding carboxylic acids is 5. The van der Waals surface area contributed by atoms with Gasteiger partial charge in [-0.3, -0.25) is 14.4 Å². The quantitative estimate of drug-likeness (QED) is 0.400. The summed E-state index contributed by atoms with van der Waals surface area (Å²) in [5.41, 5.74) is 1.35. The van der Waals surface area contributed by atoms with Crippen LogP contribution in [0.4, 0.5) is 0 Å². The van der Waals surface area contributed by atoms with Crippen LogP contribution in [0.5, 0.6) is 5.75 Å². The first-order valence-electron chi connectivity index (χ1n) is 13.1. The first-order chi connectivity index (χ1) is 18.9. The predicted molar refractivity (Wildman–Crippen MR) is 141 cm³/mol. The molecule has 3 rings (SSSR count). The highest BCUT2D eigenvalue weighted by Crippen LogP contribution is 2.25. The Bertz CT molecular complexity index is 1290. The number of nitrogens with one attached hydrogen (secondary N) is 1. The van der Waals surface area contributed by atoms with Gasteiger partial charge in [0.05, 0.1) is 17.4 Å². The van der Waals surface area contributed by atoms with Gasteiger partial charge in [-0.15, -0.1) is 0 Å². The largest absolute Gasteiger partial charge is 0.463 e. The summed E-state index contributed by atoms with van der Waals surface area (Å²) >= 11 is 0. The number of cyclic esters (lactones) is 2. The van der Waals surface area contributed by atoms with Crippen molar-refractivity contribution in [2.75, 3.05) is 6.61 Å². The molecule has 0 aliphatic carbocycles. The molecule has 0 bridgehead atoms. The molecule has 0 radical (unpaired) electrons. The van der Waals surface area contributed by atoms with Crippen molar-refractivity contribution in [2.45, 2.75) is 66.2 Å². The van der Waals surface area contributed by atoms with Gasteiger partial charge in [0.1, 0.15) is 12.7 Å². The highest BCUT2D eigenvalue weighted by Gasteiger charge is 2.41. The lowest BCUT2D eigenvalue weighted by Gasteiger charge is -2.29. The highest BCUT2D eigenvalue weighted by molar-refractivity contribution is 5.99. The SMILES string of the molecule is CC[C@H]1C(=O)OC[C@H](NC(=O)c2nccc(C)c2OC(=O)c2cccc(C)c2)C(=O)O[C@@H](C)[C@@H]1OC(=O)C(C)C. The molecule has 1 fully saturated rings. The van der Waals surface area contributed by atoms with Crippen LogP contribution in [0.2, 0.25) is 0 Å². The zero-order chi connectivity index (χ0) is 29.6. The van der Waals surface area contributed by atoms with Crippen LogP contribution in [0, 0.1) is 25.7 Å². The first-order valence-corrected chi connectivity index (χ1v) is 13.1. The summed E-state index contributed by atoms with van der Waals surface area (Å²) in [6.07, 6.45) is -0.460. The van der Waals surface area contributed by atoms with Gasteiger partial charge in [0.25, 0.3) is 5.91 Å². The van der Waals surface area contributed by atoms with Crippen LogP contribution < -0.4 is 10.1 Å². The van der Waals surface area contributed by atoms with Crippen molar-refractivity contribution >= 4 is 29.8 Å². The number of carbonyl (C=O) groups is 5. The number of ether oxygens (including phenoxy) is 4. The summed E-state index contributed by atoms with van der Waals surface area (Å²) in [4.78, 5) is 68.3. The monoisotopic (exact) mass is 554 g/mol. The van der Waals surface area contributed by atoms with Crippen LogP contribution in [0.15, 0.2) is 36.5 Å². The standard InChI is InChI=1S/C29H34N2O9/c1-7-20-24(40-26(33)15(2)3)18(6)38-29(36)21(14-37-28(20)35)31-25(32)22-23(17(5)11-12-30-22)39-27(34)19-10-8-9-16(4)13-19/h8-13,15,18,20-21,24H,7,14H2,1-6H3,(H,31,32)/t18-,20+,21-,24-/m0/s1. The molecule has 11 heteroatoms. The van der Waals surface area contributed by atoms with Crippen molar-refractivity contribution in [1.82, 2.24) is 10.3 Å². The molecule has 0 spiro atoms. The van der Waals surface area contributed by atoms with E-state index in [1.165, 1.54) is 13.1 Å². The van der Waals surface area contributed by atoms with E-state index in [0.717, 1.165) is 5.56 Å². The second-order valence-electron chi connectivity index (χ2n) is 9.93. The van der Waals surface area contributed by atoms with Crippen LogP contribution in [0.3, 0.4) is 0 Å². The Morgan fingerprint density at radius 3 is 2.50 bits per heavy atom. The number of pyridine rings is 1. The lowest BCUT2D eigenvalue weighted by atomic mass is 9.95. The van der Waals surface area contributed by atoms with Gasteiger partial charge in [-0.25, -0.2) is 14.6 Å². The van der Waals surface area contributed by atoms with Crippen molar-refractivity contribution < 1.29 is 42.9 Å². The molecule has 0 unspecified atom stereocenters. The number of hydrogen-bond acceptors (Lipinski definition) is 10. The van der Waals surface area contributed by atoms with Gasteiger partial charge in [-0.1, -0.05) is 38.5 Å². The van der Waals surface area contributed by atoms with E-state index in [1.807, 2.05) is 13.0 Å². The van der Waals surface area contributed by atoms with Gasteiger partial charge in [-0.2, -0.15) is 0 Å². The minimum atomic E-state index is -1.40. The second kappa shape index (κ2) is 13.2. The predicted octanol–water partition coefficient (Wildman–Crippen LogP) is 3.10. The zero-order valence-corrected chi connectivity index (χ0v) is 23.4. The number of hydrogen-bond donors (Lipinski definition) is 1. The summed E-state index contributed by atoms with van der Waals surface area (Å²) in [6.45, 7) is 9.45. The maximum Gasteiger partial charge on any atom is 0.343 e. The summed E-state index contributed by atoms with van der Waals surface area (Å²) in [5, 5.41) is 2.47. The van der Waals surface area contributed by atoms with Crippen LogP contribution in [0.1, 0.15) is 66.1 Å². The van der Waals surface area contributed by atoms with E-state index >= 15 is 0 Å². The molecule has 1 amide bonds. The summed E-state index contributed by atoms with van der Waals surface area (Å²) < 4.78 is 21.9. The molecule has 1 N–H and O–H groups in total. The Morgan fingerprint density at radius 1 is 1.12 bits per heavy atom. The van der Waals surface area contributed by atoms with E-state index in [1.54, 1.807) is 52.0 Å². The summed E-state index contributed by atoms with van der Waals surface area (Å²) in [6, 6.07) is 6.92. The van der Waals surface area contributed by atoms with Gasteiger partial charge in [0, 0.05) is 6.20 Å². The third-order valence-corrected chi connectivity index (χ3v) is 6.37. The van der Waals surface area contributed by atoms with Gasteiger partial charge >= 0.3 is 23.9 Å². The smallest absolute Gasteiger partial charge is 0.343 e. The van der Waals surface area contributed by atoms with Crippen molar-refractivity contribution in [3.63, 3.8) is 0 Å². The van der Waals surface area contributed by atoms with Gasteiger partial charge in [0.2, 0.25) is 0 Å². The Kier molecular flexibility index (Phi) is 9.98. The summed E-state index contributed by atoms with van der Waals surface area (Å²) in [7, 11) is 0. The van der Waals surface area contributed by atoms with Crippen LogP contribution in [-0.4, -0.2) is 59.6 Å². The van der Waals surface area contributed by atoms with E-state index < -0.39 is 66.5 Å². The molecule has 11 nitrogen and oxygen atoms in total. The maximum atomic E-state index is 13.3. The van der Waals surface area contributed by atoms with Crippen molar-refractivity contribution in [3.8, 4) is 5.75 Å². The molecule has 1 saturated heterocycles. The van der Waals surface area contributed by atoms with E-state index in [9.17, 15) is 24.0 Å². The fraction of sp³-hybridized carbons (Fsp3) is 0.448. The Labute approximate surface area is 232 Å². The van der Waals surface area contributed by atoms with Crippen molar-refractivity contribution in [3.05, 3.63) is 58.9 Å². The lowest BCUT2D eigenvalue weighted by Crippen LogP contribution is -2.47. The third kappa shape index (κ3) is 7.22. The number of aryl methyl sites for hydroxylation is 2. The number of aromatic nitrogens is 1. The van der Waals surface area contributed by atoms with E-state index in [0.29, 0.717) is 5.56 Å². The van der Waals surface area contributed by atoms with Gasteiger partial charge in [-0.05, 0) is 51.0 Å². The molecule has 1 aromatic carbocycles. The molecular weight excluding hydrogens is 520 g/mol. The average molecular weight is 555 g/mol. The average Bonchev–Trinajstić information content (AvgIpc) is 2.94. The second-order valence-corrected chi connectivity index (χ2v) is 9.93. The summed E-state index contributed by atoms with van der Waals surface area (Å²) in [5.74, 6) is -5.13. The molecule has 1 aliphatic rings. The van der Waals surface area contributed by atoms with Gasteiger partial charge in [0.15, 0.2) is 23.6 Å². The minimum absolute atomic E-state index is 0.0833. The van der Waals surface area contributed by atoms with E-state index in [4.69, 9.17) is 18.9 Å². The molecule has 4 atom stereocenters. The molecule has 40 heavy (non-hydrogen) atoms. The third-order valence-electron chi connectivity index (χ3n) is 6.37. The number of nitrogens with zero attached hydrogens (tertiary/aromatic N) is 1. The Morgan fingerprint density at radius 2 is 1.85 bits per heavy atom. The maximum absolute atomic E-state index is 13.3. The number of amides is 1. The molecule has 2 heterocycles. The van der Waals surface area contributed by atoms with Crippen LogP contribution in [-0.2, 0) is 28.6 Å². The minimum Gasteiger partial charge on any atom is -0.463 e. The van der Waals surface area contributed by atoms with E-state index in [2.05, 4.69) is 10.3 Å².